The molecule has 5 rings (SSSR count). The first-order chi connectivity index (χ1) is 15.1. The molecule has 4 amide bonds. The number of nitrogens with zero attached hydrogens (tertiary/aromatic N) is 3. The van der Waals surface area contributed by atoms with Crippen LogP contribution in [-0.4, -0.2) is 52.8 Å². The lowest BCUT2D eigenvalue weighted by molar-refractivity contribution is -0.153. The number of imide groups is 2. The predicted molar refractivity (Wildman–Crippen MR) is 109 cm³/mol. The Balaban J connectivity index is 1.75. The molecular weight excluding hydrogens is 444 g/mol. The fraction of sp³-hybridized carbons (Fsp3) is 0.450. The van der Waals surface area contributed by atoms with Gasteiger partial charge in [-0.1, -0.05) is 11.3 Å². The van der Waals surface area contributed by atoms with Crippen LogP contribution in [0, 0.1) is 24.0 Å². The van der Waals surface area contributed by atoms with Crippen molar-refractivity contribution < 1.29 is 27.9 Å². The Hall–Kier alpha value is -2.99. The van der Waals surface area contributed by atoms with E-state index in [2.05, 4.69) is 20.8 Å². The Bertz CT molecular complexity index is 1160. The van der Waals surface area contributed by atoms with Gasteiger partial charge < -0.3 is 9.64 Å². The maximum absolute atomic E-state index is 15.5. The van der Waals surface area contributed by atoms with Crippen LogP contribution in [0.25, 0.3) is 10.6 Å². The second-order valence-corrected chi connectivity index (χ2v) is 9.50. The van der Waals surface area contributed by atoms with E-state index in [0.29, 0.717) is 5.01 Å². The summed E-state index contributed by atoms with van der Waals surface area (Å²) in [7, 11) is 0. The monoisotopic (exact) mass is 463 g/mol. The second kappa shape index (κ2) is 7.01. The number of hydrogen-bond donors (Lipinski definition) is 2. The Labute approximate surface area is 185 Å². The van der Waals surface area contributed by atoms with Gasteiger partial charge in [0.2, 0.25) is 11.8 Å². The van der Waals surface area contributed by atoms with Gasteiger partial charge in [0.05, 0.1) is 29.5 Å². The van der Waals surface area contributed by atoms with Gasteiger partial charge in [0.15, 0.2) is 22.1 Å². The molecule has 0 bridgehead atoms. The number of fused-ring (bicyclic) bond motifs is 4. The van der Waals surface area contributed by atoms with Gasteiger partial charge in [-0.2, -0.15) is 0 Å². The van der Waals surface area contributed by atoms with Crippen molar-refractivity contribution in [3.8, 4) is 10.6 Å². The molecule has 12 heteroatoms. The minimum Gasteiger partial charge on any atom is -0.372 e. The van der Waals surface area contributed by atoms with E-state index >= 15 is 8.78 Å². The van der Waals surface area contributed by atoms with Crippen LogP contribution in [0.4, 0.5) is 19.3 Å². The van der Waals surface area contributed by atoms with Gasteiger partial charge in [-0.05, 0) is 32.4 Å². The number of aromatic nitrogens is 2. The minimum atomic E-state index is -1.76. The normalized spacial score (nSPS) is 26.5. The molecule has 2 fully saturated rings. The fourth-order valence-corrected chi connectivity index (χ4v) is 5.80. The summed E-state index contributed by atoms with van der Waals surface area (Å²) in [6.07, 6.45) is -1.28. The average molecular weight is 463 g/mol. The highest BCUT2D eigenvalue weighted by atomic mass is 32.1. The summed E-state index contributed by atoms with van der Waals surface area (Å²) in [6, 6.07) is -0.452. The van der Waals surface area contributed by atoms with Crippen molar-refractivity contribution in [2.75, 3.05) is 11.4 Å². The van der Waals surface area contributed by atoms with Gasteiger partial charge in [0.1, 0.15) is 5.01 Å². The molecular formula is C20H19F2N5O4S. The van der Waals surface area contributed by atoms with E-state index < -0.39 is 47.0 Å². The van der Waals surface area contributed by atoms with E-state index in [9.17, 15) is 14.4 Å². The van der Waals surface area contributed by atoms with Crippen LogP contribution in [0.3, 0.4) is 0 Å². The summed E-state index contributed by atoms with van der Waals surface area (Å²) in [5.41, 5.74) is -1.60. The van der Waals surface area contributed by atoms with Gasteiger partial charge >= 0.3 is 6.03 Å². The Kier molecular flexibility index (Phi) is 4.57. The van der Waals surface area contributed by atoms with Crippen LogP contribution < -0.4 is 15.5 Å². The van der Waals surface area contributed by atoms with Gasteiger partial charge in [0, 0.05) is 13.0 Å². The van der Waals surface area contributed by atoms with Crippen LogP contribution in [0.1, 0.15) is 24.4 Å². The van der Waals surface area contributed by atoms with Crippen LogP contribution in [0.2, 0.25) is 0 Å². The standard InChI is InChI=1S/C20H19F2N5O4S/c1-7-6-27-14-10(4-11(12(21)13(14)22)16-26-25-9(3)32-16)5-20(15(27)8(2)31-7)17(28)23-19(30)24-18(20)29/h4,7-8,15H,5-6H2,1-3H3,(H2,23,24,28,29,30)/t7-,8+,15?/m0/s1. The molecule has 0 radical (unpaired) electrons. The van der Waals surface area contributed by atoms with E-state index in [0.717, 1.165) is 11.3 Å². The number of benzene rings is 1. The third-order valence-corrected chi connectivity index (χ3v) is 7.10. The quantitative estimate of drug-likeness (QED) is 0.619. The van der Waals surface area contributed by atoms with Crippen molar-refractivity contribution in [2.45, 2.75) is 45.4 Å². The molecule has 9 nitrogen and oxygen atoms in total. The molecule has 0 saturated carbocycles. The number of carbonyl (C=O) groups excluding carboxylic acids is 3. The van der Waals surface area contributed by atoms with Crippen LogP contribution in [0.5, 0.6) is 0 Å². The van der Waals surface area contributed by atoms with E-state index in [-0.39, 0.29) is 40.9 Å². The molecule has 3 aliphatic rings. The highest BCUT2D eigenvalue weighted by Gasteiger charge is 2.63. The minimum absolute atomic E-state index is 0.0115. The zero-order valence-corrected chi connectivity index (χ0v) is 18.2. The zero-order valence-electron chi connectivity index (χ0n) is 17.4. The van der Waals surface area contributed by atoms with Crippen LogP contribution in [-0.2, 0) is 20.7 Å². The molecule has 2 saturated heterocycles. The van der Waals surface area contributed by atoms with Gasteiger partial charge in [-0.15, -0.1) is 10.2 Å². The summed E-state index contributed by atoms with van der Waals surface area (Å²) in [4.78, 5) is 39.5. The van der Waals surface area contributed by atoms with Crippen LogP contribution >= 0.6 is 11.3 Å². The number of carbonyl (C=O) groups is 3. The lowest BCUT2D eigenvalue weighted by Gasteiger charge is -2.55. The van der Waals surface area contributed by atoms with Crippen molar-refractivity contribution >= 4 is 34.9 Å². The van der Waals surface area contributed by atoms with Gasteiger partial charge in [-0.3, -0.25) is 20.2 Å². The SMILES string of the molecule is Cc1nnc(-c2cc3c(c(F)c2F)N2C[C@H](C)O[C@H](C)C2C2(C3)C(=O)NC(=O)NC2=O)s1. The first-order valence-electron chi connectivity index (χ1n) is 10.0. The number of ether oxygens (including phenoxy) is 1. The van der Waals surface area contributed by atoms with E-state index in [1.807, 2.05) is 0 Å². The molecule has 2 N–H and O–H groups in total. The van der Waals surface area contributed by atoms with Gasteiger partial charge in [0.25, 0.3) is 0 Å². The summed E-state index contributed by atoms with van der Waals surface area (Å²) < 4.78 is 36.6. The summed E-state index contributed by atoms with van der Waals surface area (Å²) >= 11 is 1.10. The number of nitrogens with one attached hydrogen (secondary N) is 2. The number of barbiturate groups is 1. The van der Waals surface area contributed by atoms with Crippen molar-refractivity contribution in [1.29, 1.82) is 0 Å². The summed E-state index contributed by atoms with van der Waals surface area (Å²) in [6.45, 7) is 5.26. The molecule has 168 valence electrons. The number of morpholine rings is 1. The third-order valence-electron chi connectivity index (χ3n) is 6.22. The predicted octanol–water partition coefficient (Wildman–Crippen LogP) is 1.68. The van der Waals surface area contributed by atoms with E-state index in [4.69, 9.17) is 4.74 Å². The number of urea groups is 1. The molecule has 2 aromatic rings. The highest BCUT2D eigenvalue weighted by Crippen LogP contribution is 2.49. The molecule has 1 unspecified atom stereocenters. The molecule has 3 atom stereocenters. The van der Waals surface area contributed by atoms with Crippen molar-refractivity contribution in [3.63, 3.8) is 0 Å². The number of amides is 4. The number of anilines is 1. The molecule has 4 heterocycles. The maximum Gasteiger partial charge on any atom is 0.328 e. The summed E-state index contributed by atoms with van der Waals surface area (Å²) in [5, 5.41) is 12.9. The molecule has 32 heavy (non-hydrogen) atoms. The van der Waals surface area contributed by atoms with Crippen molar-refractivity contribution in [3.05, 3.63) is 28.3 Å². The Morgan fingerprint density at radius 1 is 1.16 bits per heavy atom. The largest absolute Gasteiger partial charge is 0.372 e. The number of rotatable bonds is 1. The fourth-order valence-electron chi connectivity index (χ4n) is 5.10. The van der Waals surface area contributed by atoms with Crippen molar-refractivity contribution in [2.24, 2.45) is 5.41 Å². The lowest BCUT2D eigenvalue weighted by Crippen LogP contribution is -2.75. The Morgan fingerprint density at radius 2 is 1.84 bits per heavy atom. The number of hydrogen-bond acceptors (Lipinski definition) is 8. The molecule has 3 aliphatic heterocycles. The smallest absolute Gasteiger partial charge is 0.328 e. The maximum atomic E-state index is 15.5. The third kappa shape index (κ3) is 2.78. The average Bonchev–Trinajstić information content (AvgIpc) is 3.14. The highest BCUT2D eigenvalue weighted by molar-refractivity contribution is 7.14. The Morgan fingerprint density at radius 3 is 2.47 bits per heavy atom. The number of aryl methyl sites for hydroxylation is 1. The van der Waals surface area contributed by atoms with Crippen LogP contribution in [0.15, 0.2) is 6.07 Å². The first kappa shape index (κ1) is 20.9. The second-order valence-electron chi connectivity index (χ2n) is 8.32. The molecule has 1 aromatic carbocycles. The van der Waals surface area contributed by atoms with E-state index in [1.54, 1.807) is 20.8 Å². The number of halogens is 2. The zero-order chi connectivity index (χ0) is 22.9. The molecule has 1 aromatic heterocycles. The van der Waals surface area contributed by atoms with Crippen molar-refractivity contribution in [1.82, 2.24) is 20.8 Å². The molecule has 0 aliphatic carbocycles. The lowest BCUT2D eigenvalue weighted by atomic mass is 9.66. The topological polar surface area (TPSA) is 114 Å². The first-order valence-corrected chi connectivity index (χ1v) is 10.9. The summed E-state index contributed by atoms with van der Waals surface area (Å²) in [5.74, 6) is -3.75. The van der Waals surface area contributed by atoms with Gasteiger partial charge in [-0.25, -0.2) is 13.6 Å². The van der Waals surface area contributed by atoms with E-state index in [1.165, 1.54) is 11.0 Å². The molecule has 1 spiro atoms.